The maximum atomic E-state index is 11.7. The van der Waals surface area contributed by atoms with Gasteiger partial charge in [0.25, 0.3) is 0 Å². The summed E-state index contributed by atoms with van der Waals surface area (Å²) in [5.41, 5.74) is 2.15. The topological polar surface area (TPSA) is 59.0 Å². The molecule has 0 fully saturated rings. The van der Waals surface area contributed by atoms with Crippen molar-refractivity contribution < 1.29 is 4.79 Å². The Morgan fingerprint density at radius 2 is 2.22 bits per heavy atom. The van der Waals surface area contributed by atoms with Crippen molar-refractivity contribution in [2.75, 3.05) is 6.54 Å². The minimum atomic E-state index is 0.0781. The fourth-order valence-corrected chi connectivity index (χ4v) is 1.99. The van der Waals surface area contributed by atoms with Gasteiger partial charge in [-0.2, -0.15) is 5.10 Å². The highest BCUT2D eigenvalue weighted by Gasteiger charge is 2.10. The van der Waals surface area contributed by atoms with Crippen LogP contribution in [0.2, 0.25) is 0 Å². The lowest BCUT2D eigenvalue weighted by atomic mass is 10.2. The van der Waals surface area contributed by atoms with Crippen LogP contribution in [0.25, 0.3) is 0 Å². The van der Waals surface area contributed by atoms with Crippen LogP contribution in [0.1, 0.15) is 38.4 Å². The zero-order chi connectivity index (χ0) is 13.5. The van der Waals surface area contributed by atoms with Gasteiger partial charge in [0.15, 0.2) is 0 Å². The molecule has 0 aliphatic heterocycles. The van der Waals surface area contributed by atoms with E-state index in [2.05, 4.69) is 22.7 Å². The van der Waals surface area contributed by atoms with E-state index in [0.29, 0.717) is 13.0 Å². The van der Waals surface area contributed by atoms with Gasteiger partial charge >= 0.3 is 0 Å². The Kier molecular flexibility index (Phi) is 5.85. The summed E-state index contributed by atoms with van der Waals surface area (Å²) in [5, 5.41) is 10.5. The van der Waals surface area contributed by atoms with Gasteiger partial charge in [0, 0.05) is 37.8 Å². The molecule has 0 saturated carbocycles. The largest absolute Gasteiger partial charge is 0.352 e. The van der Waals surface area contributed by atoms with Crippen molar-refractivity contribution >= 4 is 5.91 Å². The maximum absolute atomic E-state index is 11.7. The van der Waals surface area contributed by atoms with E-state index in [1.165, 1.54) is 0 Å². The predicted molar refractivity (Wildman–Crippen MR) is 72.2 cm³/mol. The first kappa shape index (κ1) is 14.7. The molecule has 102 valence electrons. The highest BCUT2D eigenvalue weighted by atomic mass is 16.1. The molecule has 0 spiro atoms. The molecule has 0 aliphatic carbocycles. The Hall–Kier alpha value is -1.36. The molecule has 0 saturated heterocycles. The SMILES string of the molecule is CCNC(C)CC(=O)NCc1cn(C)nc1CC. The predicted octanol–water partition coefficient (Wildman–Crippen LogP) is 0.987. The number of rotatable bonds is 7. The van der Waals surface area contributed by atoms with E-state index < -0.39 is 0 Å². The Morgan fingerprint density at radius 3 is 2.83 bits per heavy atom. The van der Waals surface area contributed by atoms with Crippen molar-refractivity contribution in [2.45, 2.75) is 46.2 Å². The molecule has 1 atom stereocenters. The van der Waals surface area contributed by atoms with E-state index in [0.717, 1.165) is 24.2 Å². The van der Waals surface area contributed by atoms with Gasteiger partial charge in [0.1, 0.15) is 0 Å². The summed E-state index contributed by atoms with van der Waals surface area (Å²) in [6.45, 7) is 7.58. The van der Waals surface area contributed by atoms with Gasteiger partial charge in [-0.3, -0.25) is 9.48 Å². The maximum Gasteiger partial charge on any atom is 0.221 e. The lowest BCUT2D eigenvalue weighted by Crippen LogP contribution is -2.33. The van der Waals surface area contributed by atoms with Crippen LogP contribution >= 0.6 is 0 Å². The summed E-state index contributed by atoms with van der Waals surface area (Å²) < 4.78 is 1.79. The molecule has 1 aromatic heterocycles. The summed E-state index contributed by atoms with van der Waals surface area (Å²) in [7, 11) is 1.90. The van der Waals surface area contributed by atoms with Crippen LogP contribution in [-0.4, -0.2) is 28.3 Å². The van der Waals surface area contributed by atoms with E-state index in [4.69, 9.17) is 0 Å². The average molecular weight is 252 g/mol. The fourth-order valence-electron chi connectivity index (χ4n) is 1.99. The standard InChI is InChI=1S/C13H24N4O/c1-5-12-11(9-17(4)16-12)8-15-13(18)7-10(3)14-6-2/h9-10,14H,5-8H2,1-4H3,(H,15,18). The smallest absolute Gasteiger partial charge is 0.221 e. The highest BCUT2D eigenvalue weighted by molar-refractivity contribution is 5.76. The van der Waals surface area contributed by atoms with Gasteiger partial charge in [-0.05, 0) is 19.9 Å². The van der Waals surface area contributed by atoms with Crippen LogP contribution < -0.4 is 10.6 Å². The summed E-state index contributed by atoms with van der Waals surface area (Å²) in [5.74, 6) is 0.0781. The zero-order valence-electron chi connectivity index (χ0n) is 11.8. The number of amides is 1. The number of nitrogens with zero attached hydrogens (tertiary/aromatic N) is 2. The summed E-state index contributed by atoms with van der Waals surface area (Å²) >= 11 is 0. The number of carbonyl (C=O) groups excluding carboxylic acids is 1. The minimum Gasteiger partial charge on any atom is -0.352 e. The van der Waals surface area contributed by atoms with E-state index in [-0.39, 0.29) is 11.9 Å². The third-order valence-corrected chi connectivity index (χ3v) is 2.85. The number of hydrogen-bond donors (Lipinski definition) is 2. The molecule has 0 aromatic carbocycles. The third kappa shape index (κ3) is 4.49. The zero-order valence-corrected chi connectivity index (χ0v) is 11.8. The lowest BCUT2D eigenvalue weighted by molar-refractivity contribution is -0.121. The second-order valence-corrected chi connectivity index (χ2v) is 4.57. The Labute approximate surface area is 109 Å². The first-order valence-corrected chi connectivity index (χ1v) is 6.58. The van der Waals surface area contributed by atoms with Crippen LogP contribution in [0.5, 0.6) is 0 Å². The van der Waals surface area contributed by atoms with Crippen molar-refractivity contribution in [1.82, 2.24) is 20.4 Å². The summed E-state index contributed by atoms with van der Waals surface area (Å²) in [6, 6.07) is 0.217. The van der Waals surface area contributed by atoms with E-state index >= 15 is 0 Å². The van der Waals surface area contributed by atoms with Gasteiger partial charge in [-0.15, -0.1) is 0 Å². The second-order valence-electron chi connectivity index (χ2n) is 4.57. The molecule has 1 unspecified atom stereocenters. The van der Waals surface area contributed by atoms with Crippen LogP contribution in [0.15, 0.2) is 6.20 Å². The van der Waals surface area contributed by atoms with Crippen LogP contribution in [0, 0.1) is 0 Å². The first-order valence-electron chi connectivity index (χ1n) is 6.58. The quantitative estimate of drug-likeness (QED) is 0.761. The molecule has 2 N–H and O–H groups in total. The molecule has 1 aromatic rings. The molecule has 0 bridgehead atoms. The van der Waals surface area contributed by atoms with E-state index in [1.807, 2.05) is 27.1 Å². The average Bonchev–Trinajstić information content (AvgIpc) is 2.67. The van der Waals surface area contributed by atoms with Crippen molar-refractivity contribution in [3.05, 3.63) is 17.5 Å². The summed E-state index contributed by atoms with van der Waals surface area (Å²) in [6.07, 6.45) is 3.36. The van der Waals surface area contributed by atoms with Crippen LogP contribution in [0.3, 0.4) is 0 Å². The molecule has 0 radical (unpaired) electrons. The second kappa shape index (κ2) is 7.16. The van der Waals surface area contributed by atoms with Crippen LogP contribution in [0.4, 0.5) is 0 Å². The molecule has 1 heterocycles. The molecule has 5 heteroatoms. The fraction of sp³-hybridized carbons (Fsp3) is 0.692. The number of aryl methyl sites for hydroxylation is 2. The molecule has 1 amide bonds. The third-order valence-electron chi connectivity index (χ3n) is 2.85. The van der Waals surface area contributed by atoms with Crippen LogP contribution in [-0.2, 0) is 24.8 Å². The minimum absolute atomic E-state index is 0.0781. The number of nitrogens with one attached hydrogen (secondary N) is 2. The van der Waals surface area contributed by atoms with Gasteiger partial charge in [0.2, 0.25) is 5.91 Å². The Morgan fingerprint density at radius 1 is 1.50 bits per heavy atom. The Bertz CT molecular complexity index is 386. The highest BCUT2D eigenvalue weighted by Crippen LogP contribution is 2.06. The monoisotopic (exact) mass is 252 g/mol. The van der Waals surface area contributed by atoms with E-state index in [9.17, 15) is 4.79 Å². The first-order chi connectivity index (χ1) is 8.56. The van der Waals surface area contributed by atoms with E-state index in [1.54, 1.807) is 4.68 Å². The molecule has 1 rings (SSSR count). The van der Waals surface area contributed by atoms with Crippen molar-refractivity contribution in [3.8, 4) is 0 Å². The van der Waals surface area contributed by atoms with Crippen molar-refractivity contribution in [1.29, 1.82) is 0 Å². The Balaban J connectivity index is 2.42. The summed E-state index contributed by atoms with van der Waals surface area (Å²) in [4.78, 5) is 11.7. The molecular weight excluding hydrogens is 228 g/mol. The van der Waals surface area contributed by atoms with Gasteiger partial charge in [0.05, 0.1) is 5.69 Å². The lowest BCUT2D eigenvalue weighted by Gasteiger charge is -2.11. The number of carbonyl (C=O) groups is 1. The molecular formula is C13H24N4O. The molecule has 5 nitrogen and oxygen atoms in total. The van der Waals surface area contributed by atoms with Crippen molar-refractivity contribution in [2.24, 2.45) is 7.05 Å². The molecule has 18 heavy (non-hydrogen) atoms. The number of aromatic nitrogens is 2. The van der Waals surface area contributed by atoms with Gasteiger partial charge in [-0.1, -0.05) is 13.8 Å². The normalized spacial score (nSPS) is 12.4. The molecule has 0 aliphatic rings. The van der Waals surface area contributed by atoms with Crippen molar-refractivity contribution in [3.63, 3.8) is 0 Å². The number of hydrogen-bond acceptors (Lipinski definition) is 3. The van der Waals surface area contributed by atoms with Gasteiger partial charge in [-0.25, -0.2) is 0 Å². The van der Waals surface area contributed by atoms with Gasteiger partial charge < -0.3 is 10.6 Å².